The number of carboxylic acid groups (broad SMARTS) is 1. The number of carbonyl (C=O) groups is 3. The standard InChI is InChI=1S/C15H18N2O5/c1-6-8(12(18)19)10(16)7(2)9-11(6)17(4)13(20)15(9,3)14(21)22-5/h16H2,1-5H3,(H,18,19). The fourth-order valence-electron chi connectivity index (χ4n) is 3.25. The van der Waals surface area contributed by atoms with Gasteiger partial charge in [-0.25, -0.2) is 4.79 Å². The second kappa shape index (κ2) is 4.72. The van der Waals surface area contributed by atoms with Crippen LogP contribution in [0.1, 0.15) is 34.0 Å². The number of anilines is 2. The number of nitrogens with two attached hydrogens (primary N) is 1. The van der Waals surface area contributed by atoms with Crippen LogP contribution in [-0.4, -0.2) is 37.1 Å². The van der Waals surface area contributed by atoms with Gasteiger partial charge in [0.2, 0.25) is 5.91 Å². The summed E-state index contributed by atoms with van der Waals surface area (Å²) in [5, 5.41) is 9.36. The van der Waals surface area contributed by atoms with Gasteiger partial charge in [0.15, 0.2) is 5.41 Å². The van der Waals surface area contributed by atoms with Crippen LogP contribution < -0.4 is 10.6 Å². The number of esters is 1. The van der Waals surface area contributed by atoms with E-state index >= 15 is 0 Å². The summed E-state index contributed by atoms with van der Waals surface area (Å²) in [4.78, 5) is 37.6. The Morgan fingerprint density at radius 2 is 1.82 bits per heavy atom. The van der Waals surface area contributed by atoms with E-state index in [9.17, 15) is 19.5 Å². The number of nitrogens with zero attached hydrogens (tertiary/aromatic N) is 1. The summed E-state index contributed by atoms with van der Waals surface area (Å²) >= 11 is 0. The van der Waals surface area contributed by atoms with Crippen molar-refractivity contribution in [2.75, 3.05) is 24.8 Å². The molecule has 1 unspecified atom stereocenters. The summed E-state index contributed by atoms with van der Waals surface area (Å²) in [5.41, 5.74) is 6.00. The second-order valence-corrected chi connectivity index (χ2v) is 5.55. The van der Waals surface area contributed by atoms with Crippen LogP contribution in [0.2, 0.25) is 0 Å². The topological polar surface area (TPSA) is 110 Å². The fraction of sp³-hybridized carbons (Fsp3) is 0.400. The van der Waals surface area contributed by atoms with Crippen molar-refractivity contribution in [3.8, 4) is 0 Å². The number of nitrogen functional groups attached to an aromatic ring is 1. The maximum atomic E-state index is 12.6. The molecule has 2 rings (SSSR count). The molecule has 0 fully saturated rings. The monoisotopic (exact) mass is 306 g/mol. The van der Waals surface area contributed by atoms with Crippen molar-refractivity contribution in [2.45, 2.75) is 26.2 Å². The highest BCUT2D eigenvalue weighted by molar-refractivity contribution is 6.22. The first-order chi connectivity index (χ1) is 10.1. The predicted octanol–water partition coefficient (Wildman–Crippen LogP) is 0.991. The number of carbonyl (C=O) groups excluding carboxylic acids is 2. The number of rotatable bonds is 2. The zero-order valence-corrected chi connectivity index (χ0v) is 13.1. The number of likely N-dealkylation sites (N-methyl/N-ethyl adjacent to an activating group) is 1. The maximum Gasteiger partial charge on any atom is 0.338 e. The zero-order chi connectivity index (χ0) is 17.0. The van der Waals surface area contributed by atoms with Gasteiger partial charge in [-0.3, -0.25) is 9.59 Å². The molecule has 1 heterocycles. The van der Waals surface area contributed by atoms with E-state index in [2.05, 4.69) is 0 Å². The number of amides is 1. The molecule has 1 atom stereocenters. The number of hydrogen-bond acceptors (Lipinski definition) is 5. The van der Waals surface area contributed by atoms with Gasteiger partial charge in [-0.1, -0.05) is 0 Å². The van der Waals surface area contributed by atoms with Gasteiger partial charge in [-0.15, -0.1) is 0 Å². The van der Waals surface area contributed by atoms with Crippen LogP contribution in [0.4, 0.5) is 11.4 Å². The van der Waals surface area contributed by atoms with Crippen molar-refractivity contribution < 1.29 is 24.2 Å². The van der Waals surface area contributed by atoms with Gasteiger partial charge < -0.3 is 20.5 Å². The Kier molecular flexibility index (Phi) is 3.39. The van der Waals surface area contributed by atoms with E-state index < -0.39 is 23.3 Å². The minimum atomic E-state index is -1.53. The van der Waals surface area contributed by atoms with Crippen LogP contribution in [0.3, 0.4) is 0 Å². The Morgan fingerprint density at radius 3 is 2.27 bits per heavy atom. The van der Waals surface area contributed by atoms with Crippen LogP contribution in [0.5, 0.6) is 0 Å². The van der Waals surface area contributed by atoms with Crippen LogP contribution >= 0.6 is 0 Å². The quantitative estimate of drug-likeness (QED) is 0.479. The van der Waals surface area contributed by atoms with Crippen molar-refractivity contribution in [1.29, 1.82) is 0 Å². The molecule has 118 valence electrons. The Balaban J connectivity index is 2.97. The van der Waals surface area contributed by atoms with Gasteiger partial charge in [0.1, 0.15) is 0 Å². The number of aromatic carboxylic acids is 1. The number of fused-ring (bicyclic) bond motifs is 1. The summed E-state index contributed by atoms with van der Waals surface area (Å²) in [6.07, 6.45) is 0. The minimum absolute atomic E-state index is 0.0509. The largest absolute Gasteiger partial charge is 0.478 e. The number of carboxylic acids is 1. The first-order valence-electron chi connectivity index (χ1n) is 6.63. The van der Waals surface area contributed by atoms with Crippen LogP contribution in [0, 0.1) is 13.8 Å². The Morgan fingerprint density at radius 1 is 1.27 bits per heavy atom. The molecule has 1 aromatic rings. The third-order valence-corrected chi connectivity index (χ3v) is 4.39. The summed E-state index contributed by atoms with van der Waals surface area (Å²) in [5.74, 6) is -2.34. The van der Waals surface area contributed by atoms with Crippen molar-refractivity contribution >= 4 is 29.2 Å². The normalized spacial score (nSPS) is 20.0. The molecule has 3 N–H and O–H groups in total. The van der Waals surface area contributed by atoms with Crippen LogP contribution in [-0.2, 0) is 19.7 Å². The molecule has 0 bridgehead atoms. The SMILES string of the molecule is COC(=O)C1(C)C(=O)N(C)c2c(C)c(C(=O)O)c(N)c(C)c21. The molecular weight excluding hydrogens is 288 g/mol. The molecule has 0 spiro atoms. The lowest BCUT2D eigenvalue weighted by Crippen LogP contribution is -2.43. The molecule has 0 aromatic heterocycles. The van der Waals surface area contributed by atoms with Gasteiger partial charge in [-0.2, -0.15) is 0 Å². The van der Waals surface area contributed by atoms with E-state index in [1.165, 1.54) is 26.0 Å². The second-order valence-electron chi connectivity index (χ2n) is 5.55. The van der Waals surface area contributed by atoms with Gasteiger partial charge in [0.25, 0.3) is 0 Å². The summed E-state index contributed by atoms with van der Waals surface area (Å²) in [6, 6.07) is 0. The average Bonchev–Trinajstić information content (AvgIpc) is 2.66. The molecule has 1 amide bonds. The molecule has 0 aliphatic carbocycles. The van der Waals surface area contributed by atoms with E-state index in [-0.39, 0.29) is 11.3 Å². The van der Waals surface area contributed by atoms with Gasteiger partial charge in [0, 0.05) is 18.3 Å². The van der Waals surface area contributed by atoms with Crippen molar-refractivity contribution in [2.24, 2.45) is 0 Å². The number of ether oxygens (including phenoxy) is 1. The summed E-state index contributed by atoms with van der Waals surface area (Å²) in [6.45, 7) is 4.65. The maximum absolute atomic E-state index is 12.6. The first kappa shape index (κ1) is 15.8. The highest BCUT2D eigenvalue weighted by Crippen LogP contribution is 2.48. The van der Waals surface area contributed by atoms with Crippen molar-refractivity contribution in [3.05, 3.63) is 22.3 Å². The molecule has 0 radical (unpaired) electrons. The Labute approximate surface area is 127 Å². The van der Waals surface area contributed by atoms with E-state index in [1.807, 2.05) is 0 Å². The number of benzene rings is 1. The number of methoxy groups -OCH3 is 1. The Bertz CT molecular complexity index is 725. The van der Waals surface area contributed by atoms with Gasteiger partial charge in [-0.05, 0) is 31.9 Å². The molecule has 0 saturated heterocycles. The average molecular weight is 306 g/mol. The van der Waals surface area contributed by atoms with E-state index in [1.54, 1.807) is 13.8 Å². The summed E-state index contributed by atoms with van der Waals surface area (Å²) < 4.78 is 4.78. The van der Waals surface area contributed by atoms with Crippen molar-refractivity contribution in [3.63, 3.8) is 0 Å². The molecular formula is C15H18N2O5. The molecule has 1 aliphatic heterocycles. The smallest absolute Gasteiger partial charge is 0.338 e. The van der Waals surface area contributed by atoms with E-state index in [0.717, 1.165) is 0 Å². The third-order valence-electron chi connectivity index (χ3n) is 4.39. The molecule has 22 heavy (non-hydrogen) atoms. The highest BCUT2D eigenvalue weighted by atomic mass is 16.5. The lowest BCUT2D eigenvalue weighted by molar-refractivity contribution is -0.150. The van der Waals surface area contributed by atoms with Crippen molar-refractivity contribution in [1.82, 2.24) is 0 Å². The fourth-order valence-corrected chi connectivity index (χ4v) is 3.25. The van der Waals surface area contributed by atoms with Crippen LogP contribution in [0.25, 0.3) is 0 Å². The van der Waals surface area contributed by atoms with Crippen LogP contribution in [0.15, 0.2) is 0 Å². The highest BCUT2D eigenvalue weighted by Gasteiger charge is 2.55. The first-order valence-corrected chi connectivity index (χ1v) is 6.63. The predicted molar refractivity (Wildman–Crippen MR) is 80.1 cm³/mol. The Hall–Kier alpha value is -2.57. The summed E-state index contributed by atoms with van der Waals surface area (Å²) in [7, 11) is 2.71. The van der Waals surface area contributed by atoms with E-state index in [4.69, 9.17) is 10.5 Å². The molecule has 7 nitrogen and oxygen atoms in total. The van der Waals surface area contributed by atoms with Gasteiger partial charge >= 0.3 is 11.9 Å². The lowest BCUT2D eigenvalue weighted by atomic mass is 9.79. The lowest BCUT2D eigenvalue weighted by Gasteiger charge is -2.22. The van der Waals surface area contributed by atoms with Gasteiger partial charge in [0.05, 0.1) is 18.4 Å². The zero-order valence-electron chi connectivity index (χ0n) is 13.1. The molecule has 0 saturated carbocycles. The molecule has 1 aliphatic rings. The third kappa shape index (κ3) is 1.65. The molecule has 1 aromatic carbocycles. The van der Waals surface area contributed by atoms with E-state index in [0.29, 0.717) is 22.4 Å². The molecule has 7 heteroatoms. The number of hydrogen-bond donors (Lipinski definition) is 2. The minimum Gasteiger partial charge on any atom is -0.478 e.